The molecule has 0 N–H and O–H groups in total. The highest BCUT2D eigenvalue weighted by Gasteiger charge is 2.47. The number of hydrogen-bond donors (Lipinski definition) is 0. The van der Waals surface area contributed by atoms with Crippen LogP contribution in [0.5, 0.6) is 0 Å². The Morgan fingerprint density at radius 2 is 0.887 bits per heavy atom. The van der Waals surface area contributed by atoms with Gasteiger partial charge in [0.2, 0.25) is 0 Å². The monoisotopic (exact) mass is 903 g/mol. The quantitative estimate of drug-likeness (QED) is 0.141. The zero-order valence-corrected chi connectivity index (χ0v) is 38.8. The van der Waals surface area contributed by atoms with Crippen molar-refractivity contribution in [3.05, 3.63) is 295 Å². The SMILES string of the molecule is c1ccc(-c2ccc(-c3cc4ccccc4c4ccccc34)cc2N(c2cccc(-c3cccc4oc5ccccc5c34)c2)c2cccc3c2-c2ccccc2C3(c2ccccc2)c2ccccc2)cc1. The number of fused-ring (bicyclic) bond motifs is 9. The molecule has 0 saturated carbocycles. The van der Waals surface area contributed by atoms with Crippen molar-refractivity contribution >= 4 is 60.5 Å². The summed E-state index contributed by atoms with van der Waals surface area (Å²) in [6.07, 6.45) is 0. The molecule has 1 aromatic heterocycles. The highest BCUT2D eigenvalue weighted by atomic mass is 16.3. The highest BCUT2D eigenvalue weighted by Crippen LogP contribution is 2.60. The Kier molecular flexibility index (Phi) is 9.47. The van der Waals surface area contributed by atoms with Crippen molar-refractivity contribution in [3.8, 4) is 44.5 Å². The maximum Gasteiger partial charge on any atom is 0.136 e. The molecule has 0 aliphatic heterocycles. The molecule has 0 radical (unpaired) electrons. The minimum atomic E-state index is -0.579. The lowest BCUT2D eigenvalue weighted by molar-refractivity contribution is 0.669. The van der Waals surface area contributed by atoms with Gasteiger partial charge in [0.25, 0.3) is 0 Å². The van der Waals surface area contributed by atoms with Crippen LogP contribution in [0.15, 0.2) is 277 Å². The average Bonchev–Trinajstić information content (AvgIpc) is 3.99. The second-order valence-corrected chi connectivity index (χ2v) is 18.7. The van der Waals surface area contributed by atoms with Gasteiger partial charge in [-0.25, -0.2) is 0 Å². The van der Waals surface area contributed by atoms with E-state index in [1.807, 2.05) is 6.07 Å². The van der Waals surface area contributed by atoms with Gasteiger partial charge in [-0.3, -0.25) is 0 Å². The minimum Gasteiger partial charge on any atom is -0.456 e. The standard InChI is InChI=1S/C69H45NO/c1-4-21-46(22-5-1)54-42-41-49(60-44-48-23-10-11-30-53(48)56-31-12-13-32-57(56)60)45-64(54)70(52-29-18-24-47(43-52)55-35-19-40-66-67(55)59-34-15-17-39-65(59)71-66)63-38-20-37-62-68(63)58-33-14-16-36-61(58)69(62,50-25-6-2-7-26-50)51-27-8-3-9-28-51/h1-45H. The van der Waals surface area contributed by atoms with Crippen molar-refractivity contribution < 1.29 is 4.42 Å². The van der Waals surface area contributed by atoms with Crippen LogP contribution in [-0.4, -0.2) is 0 Å². The van der Waals surface area contributed by atoms with Crippen molar-refractivity contribution in [1.29, 1.82) is 0 Å². The molecule has 2 heteroatoms. The number of benzene rings is 12. The van der Waals surface area contributed by atoms with E-state index >= 15 is 0 Å². The molecule has 1 aliphatic carbocycles. The Labute approximate surface area is 413 Å². The summed E-state index contributed by atoms with van der Waals surface area (Å²) in [7, 11) is 0. The lowest BCUT2D eigenvalue weighted by atomic mass is 9.68. The van der Waals surface area contributed by atoms with Crippen molar-refractivity contribution in [3.63, 3.8) is 0 Å². The number of para-hydroxylation sites is 1. The fraction of sp³-hybridized carbons (Fsp3) is 0.0145. The van der Waals surface area contributed by atoms with Gasteiger partial charge in [0, 0.05) is 27.6 Å². The Bertz CT molecular complexity index is 4130. The maximum atomic E-state index is 6.47. The Morgan fingerprint density at radius 3 is 1.69 bits per heavy atom. The summed E-state index contributed by atoms with van der Waals surface area (Å²) < 4.78 is 6.47. The Hall–Kier alpha value is -9.24. The molecule has 14 rings (SSSR count). The van der Waals surface area contributed by atoms with E-state index in [9.17, 15) is 0 Å². The van der Waals surface area contributed by atoms with Crippen LogP contribution in [0.25, 0.3) is 88.0 Å². The van der Waals surface area contributed by atoms with Gasteiger partial charge in [-0.1, -0.05) is 231 Å². The second-order valence-electron chi connectivity index (χ2n) is 18.7. The normalized spacial score (nSPS) is 12.6. The van der Waals surface area contributed by atoms with Crippen LogP contribution in [-0.2, 0) is 5.41 Å². The molecule has 1 aliphatic rings. The van der Waals surface area contributed by atoms with Gasteiger partial charge in [-0.05, 0) is 120 Å². The molecule has 2 nitrogen and oxygen atoms in total. The van der Waals surface area contributed by atoms with Crippen molar-refractivity contribution in [2.75, 3.05) is 4.90 Å². The van der Waals surface area contributed by atoms with E-state index in [0.717, 1.165) is 66.8 Å². The van der Waals surface area contributed by atoms with E-state index in [-0.39, 0.29) is 0 Å². The molecule has 0 spiro atoms. The predicted molar refractivity (Wildman–Crippen MR) is 297 cm³/mol. The number of rotatable bonds is 8. The van der Waals surface area contributed by atoms with Gasteiger partial charge in [0.15, 0.2) is 0 Å². The van der Waals surface area contributed by atoms with E-state index in [4.69, 9.17) is 4.42 Å². The van der Waals surface area contributed by atoms with E-state index < -0.39 is 5.41 Å². The van der Waals surface area contributed by atoms with Crippen LogP contribution < -0.4 is 4.90 Å². The lowest BCUT2D eigenvalue weighted by Crippen LogP contribution is -2.28. The molecule has 0 atom stereocenters. The van der Waals surface area contributed by atoms with Gasteiger partial charge in [-0.2, -0.15) is 0 Å². The van der Waals surface area contributed by atoms with Gasteiger partial charge in [0.1, 0.15) is 11.2 Å². The van der Waals surface area contributed by atoms with Gasteiger partial charge in [-0.15, -0.1) is 0 Å². The number of hydrogen-bond acceptors (Lipinski definition) is 2. The molecule has 0 saturated heterocycles. The van der Waals surface area contributed by atoms with E-state index in [1.165, 1.54) is 60.5 Å². The maximum absolute atomic E-state index is 6.47. The lowest BCUT2D eigenvalue weighted by Gasteiger charge is -2.35. The fourth-order valence-electron chi connectivity index (χ4n) is 11.9. The van der Waals surface area contributed by atoms with Crippen LogP contribution in [0.3, 0.4) is 0 Å². The molecule has 0 unspecified atom stereocenters. The van der Waals surface area contributed by atoms with E-state index in [2.05, 4.69) is 272 Å². The van der Waals surface area contributed by atoms with Crippen LogP contribution in [0.2, 0.25) is 0 Å². The molecule has 71 heavy (non-hydrogen) atoms. The number of anilines is 3. The summed E-state index contributed by atoms with van der Waals surface area (Å²) in [4.78, 5) is 2.55. The topological polar surface area (TPSA) is 16.4 Å². The van der Waals surface area contributed by atoms with Gasteiger partial charge < -0.3 is 9.32 Å². The first-order valence-corrected chi connectivity index (χ1v) is 24.5. The molecule has 332 valence electrons. The van der Waals surface area contributed by atoms with E-state index in [0.29, 0.717) is 0 Å². The van der Waals surface area contributed by atoms with Crippen LogP contribution in [0, 0.1) is 0 Å². The molecule has 0 amide bonds. The highest BCUT2D eigenvalue weighted by molar-refractivity contribution is 6.15. The fourth-order valence-corrected chi connectivity index (χ4v) is 11.9. The first kappa shape index (κ1) is 40.8. The van der Waals surface area contributed by atoms with Crippen molar-refractivity contribution in [2.45, 2.75) is 5.41 Å². The molecule has 1 heterocycles. The third-order valence-corrected chi connectivity index (χ3v) is 14.9. The molecule has 13 aromatic rings. The second kappa shape index (κ2) is 16.5. The van der Waals surface area contributed by atoms with Crippen molar-refractivity contribution in [1.82, 2.24) is 0 Å². The summed E-state index contributed by atoms with van der Waals surface area (Å²) in [5.74, 6) is 0. The van der Waals surface area contributed by atoms with Crippen LogP contribution in [0.1, 0.15) is 22.3 Å². The Balaban J connectivity index is 1.10. The summed E-state index contributed by atoms with van der Waals surface area (Å²) in [6.45, 7) is 0. The molecule has 12 aromatic carbocycles. The molecule has 0 bridgehead atoms. The predicted octanol–water partition coefficient (Wildman–Crippen LogP) is 18.7. The number of nitrogens with zero attached hydrogens (tertiary/aromatic N) is 1. The first-order valence-electron chi connectivity index (χ1n) is 24.5. The smallest absolute Gasteiger partial charge is 0.136 e. The van der Waals surface area contributed by atoms with E-state index in [1.54, 1.807) is 0 Å². The van der Waals surface area contributed by atoms with Crippen molar-refractivity contribution in [2.24, 2.45) is 0 Å². The average molecular weight is 904 g/mol. The summed E-state index contributed by atoms with van der Waals surface area (Å²) in [6, 6.07) is 100. The van der Waals surface area contributed by atoms with Crippen LogP contribution in [0.4, 0.5) is 17.1 Å². The molecule has 0 fully saturated rings. The Morgan fingerprint density at radius 1 is 0.310 bits per heavy atom. The first-order chi connectivity index (χ1) is 35.2. The third kappa shape index (κ3) is 6.35. The molecular weight excluding hydrogens is 859 g/mol. The zero-order chi connectivity index (χ0) is 46.9. The summed E-state index contributed by atoms with van der Waals surface area (Å²) >= 11 is 0. The summed E-state index contributed by atoms with van der Waals surface area (Å²) in [5, 5.41) is 7.17. The van der Waals surface area contributed by atoms with Gasteiger partial charge in [0.05, 0.1) is 16.8 Å². The largest absolute Gasteiger partial charge is 0.456 e. The van der Waals surface area contributed by atoms with Crippen LogP contribution >= 0.6 is 0 Å². The number of furan rings is 1. The van der Waals surface area contributed by atoms with Gasteiger partial charge >= 0.3 is 0 Å². The third-order valence-electron chi connectivity index (χ3n) is 14.9. The zero-order valence-electron chi connectivity index (χ0n) is 38.8. The molecular formula is C69H45NO. The summed E-state index contributed by atoms with van der Waals surface area (Å²) in [5.41, 5.74) is 18.7. The minimum absolute atomic E-state index is 0.579.